The number of carbonyl (C=O) groups excluding carboxylic acids is 1. The molecule has 3 N–H and O–H groups in total. The second kappa shape index (κ2) is 11.7. The van der Waals surface area contributed by atoms with Crippen LogP contribution in [0.25, 0.3) is 11.1 Å². The molecular formula is C27H33N3O5. The Balaban J connectivity index is 1.69. The lowest BCUT2D eigenvalue weighted by Gasteiger charge is -2.29. The van der Waals surface area contributed by atoms with Crippen molar-refractivity contribution < 1.29 is 24.0 Å². The van der Waals surface area contributed by atoms with Crippen molar-refractivity contribution in [2.75, 3.05) is 5.32 Å². The minimum atomic E-state index is -0.938. The normalized spacial score (nSPS) is 13.6. The van der Waals surface area contributed by atoms with Crippen LogP contribution >= 0.6 is 0 Å². The smallest absolute Gasteiger partial charge is 0.414 e. The van der Waals surface area contributed by atoms with Crippen LogP contribution in [-0.2, 0) is 16.1 Å². The Hall–Kier alpha value is -3.65. The molecule has 0 saturated heterocycles. The van der Waals surface area contributed by atoms with E-state index in [2.05, 4.69) is 15.8 Å². The van der Waals surface area contributed by atoms with Crippen LogP contribution in [-0.4, -0.2) is 27.9 Å². The number of aliphatic carboxylic acids is 1. The van der Waals surface area contributed by atoms with Crippen LogP contribution in [0.5, 0.6) is 0 Å². The molecule has 8 nitrogen and oxygen atoms in total. The number of carbonyl (C=O) groups is 2. The van der Waals surface area contributed by atoms with Crippen molar-refractivity contribution in [3.63, 3.8) is 0 Å². The fraction of sp³-hybridized carbons (Fsp3) is 0.370. The average molecular weight is 480 g/mol. The molecule has 0 spiro atoms. The third kappa shape index (κ3) is 6.27. The minimum absolute atomic E-state index is 0.206. The number of amides is 1. The van der Waals surface area contributed by atoms with Crippen LogP contribution < -0.4 is 10.6 Å². The number of carboxylic acid groups (broad SMARTS) is 1. The summed E-state index contributed by atoms with van der Waals surface area (Å²) >= 11 is 0. The first-order valence-electron chi connectivity index (χ1n) is 11.9. The van der Waals surface area contributed by atoms with E-state index in [1.807, 2.05) is 68.4 Å². The van der Waals surface area contributed by atoms with E-state index in [4.69, 9.17) is 9.26 Å². The summed E-state index contributed by atoms with van der Waals surface area (Å²) in [6.07, 6.45) is 0.776. The van der Waals surface area contributed by atoms with Gasteiger partial charge < -0.3 is 14.4 Å². The summed E-state index contributed by atoms with van der Waals surface area (Å²) in [5, 5.41) is 19.6. The molecule has 0 aliphatic rings. The highest BCUT2D eigenvalue weighted by atomic mass is 16.6. The van der Waals surface area contributed by atoms with Crippen LogP contribution in [0.1, 0.15) is 63.0 Å². The molecule has 0 radical (unpaired) electrons. The number of ether oxygens (including phenoxy) is 1. The van der Waals surface area contributed by atoms with Crippen LogP contribution in [0, 0.1) is 6.92 Å². The van der Waals surface area contributed by atoms with Crippen molar-refractivity contribution in [3.8, 4) is 11.1 Å². The van der Waals surface area contributed by atoms with Gasteiger partial charge >= 0.3 is 12.1 Å². The lowest BCUT2D eigenvalue weighted by Crippen LogP contribution is -2.51. The molecule has 2 aromatic carbocycles. The summed E-state index contributed by atoms with van der Waals surface area (Å²) in [4.78, 5) is 24.3. The zero-order valence-corrected chi connectivity index (χ0v) is 20.6. The molecule has 1 heterocycles. The molecule has 3 rings (SSSR count). The van der Waals surface area contributed by atoms with Crippen LogP contribution in [0.15, 0.2) is 59.1 Å². The van der Waals surface area contributed by atoms with Crippen LogP contribution in [0.3, 0.4) is 0 Å². The minimum Gasteiger partial charge on any atom is -0.480 e. The van der Waals surface area contributed by atoms with Gasteiger partial charge in [-0.25, -0.2) is 4.79 Å². The zero-order chi connectivity index (χ0) is 25.4. The molecule has 1 aromatic heterocycles. The molecule has 0 bridgehead atoms. The van der Waals surface area contributed by atoms with Crippen LogP contribution in [0.2, 0.25) is 0 Å². The van der Waals surface area contributed by atoms with E-state index in [1.54, 1.807) is 13.8 Å². The number of anilines is 1. The van der Waals surface area contributed by atoms with Gasteiger partial charge in [-0.3, -0.25) is 15.4 Å². The van der Waals surface area contributed by atoms with E-state index in [9.17, 15) is 14.7 Å². The third-order valence-corrected chi connectivity index (χ3v) is 6.19. The number of hydrogen-bond acceptors (Lipinski definition) is 6. The largest absolute Gasteiger partial charge is 0.480 e. The summed E-state index contributed by atoms with van der Waals surface area (Å²) < 4.78 is 10.8. The fourth-order valence-electron chi connectivity index (χ4n) is 4.08. The Morgan fingerprint density at radius 1 is 1.11 bits per heavy atom. The highest BCUT2D eigenvalue weighted by molar-refractivity contribution is 5.89. The number of nitrogens with one attached hydrogen (secondary N) is 2. The van der Waals surface area contributed by atoms with E-state index in [0.717, 1.165) is 23.1 Å². The Kier molecular flexibility index (Phi) is 8.65. The number of rotatable bonds is 11. The number of benzene rings is 2. The molecule has 0 aliphatic carbocycles. The number of aryl methyl sites for hydroxylation is 1. The molecular weight excluding hydrogens is 446 g/mol. The molecule has 0 aliphatic heterocycles. The molecule has 186 valence electrons. The molecule has 2 unspecified atom stereocenters. The standard InChI is InChI=1S/C27H33N3O5/c1-5-16-27(6-2,25(31)32)28-17-20-12-14-22(15-13-20)23-18(3)30-35-24(23)29-26(33)34-19(4)21-10-8-7-9-11-21/h7-15,19,28H,5-6,16-17H2,1-4H3,(H,29,33)(H,31,32). The molecule has 2 atom stereocenters. The lowest BCUT2D eigenvalue weighted by molar-refractivity contribution is -0.145. The molecule has 35 heavy (non-hydrogen) atoms. The van der Waals surface area contributed by atoms with Crippen molar-refractivity contribution in [1.29, 1.82) is 0 Å². The molecule has 1 amide bonds. The topological polar surface area (TPSA) is 114 Å². The first-order chi connectivity index (χ1) is 16.8. The van der Waals surface area contributed by atoms with Gasteiger partial charge in [0.05, 0.1) is 11.3 Å². The number of nitrogens with zero attached hydrogens (tertiary/aromatic N) is 1. The van der Waals surface area contributed by atoms with E-state index in [0.29, 0.717) is 30.6 Å². The van der Waals surface area contributed by atoms with Gasteiger partial charge in [0.2, 0.25) is 5.88 Å². The van der Waals surface area contributed by atoms with Gasteiger partial charge in [0.1, 0.15) is 11.6 Å². The van der Waals surface area contributed by atoms with Crippen molar-refractivity contribution >= 4 is 17.9 Å². The monoisotopic (exact) mass is 479 g/mol. The summed E-state index contributed by atoms with van der Waals surface area (Å²) in [5.41, 5.74) is 2.99. The van der Waals surface area contributed by atoms with Gasteiger partial charge in [-0.05, 0) is 43.4 Å². The van der Waals surface area contributed by atoms with E-state index in [1.165, 1.54) is 0 Å². The van der Waals surface area contributed by atoms with Crippen molar-refractivity contribution in [2.45, 2.75) is 65.1 Å². The van der Waals surface area contributed by atoms with Gasteiger partial charge in [-0.15, -0.1) is 0 Å². The summed E-state index contributed by atoms with van der Waals surface area (Å²) in [6, 6.07) is 17.1. The van der Waals surface area contributed by atoms with E-state index >= 15 is 0 Å². The van der Waals surface area contributed by atoms with Gasteiger partial charge in [-0.1, -0.05) is 80.0 Å². The summed E-state index contributed by atoms with van der Waals surface area (Å²) in [7, 11) is 0. The molecule has 0 saturated carbocycles. The fourth-order valence-corrected chi connectivity index (χ4v) is 4.08. The maximum atomic E-state index is 12.5. The number of hydrogen-bond donors (Lipinski definition) is 3. The molecule has 0 fully saturated rings. The first kappa shape index (κ1) is 26.0. The first-order valence-corrected chi connectivity index (χ1v) is 11.9. The third-order valence-electron chi connectivity index (χ3n) is 6.19. The molecule has 8 heteroatoms. The predicted molar refractivity (Wildman–Crippen MR) is 134 cm³/mol. The van der Waals surface area contributed by atoms with Crippen molar-refractivity contribution in [2.24, 2.45) is 0 Å². The highest BCUT2D eigenvalue weighted by Crippen LogP contribution is 2.32. The Morgan fingerprint density at radius 3 is 2.40 bits per heavy atom. The highest BCUT2D eigenvalue weighted by Gasteiger charge is 2.35. The van der Waals surface area contributed by atoms with Gasteiger partial charge in [0.25, 0.3) is 0 Å². The van der Waals surface area contributed by atoms with Crippen molar-refractivity contribution in [1.82, 2.24) is 10.5 Å². The maximum absolute atomic E-state index is 12.5. The van der Waals surface area contributed by atoms with Gasteiger partial charge in [0, 0.05) is 6.54 Å². The lowest BCUT2D eigenvalue weighted by atomic mass is 9.90. The number of carboxylic acids is 1. The van der Waals surface area contributed by atoms with Gasteiger partial charge in [-0.2, -0.15) is 0 Å². The predicted octanol–water partition coefficient (Wildman–Crippen LogP) is 6.08. The Bertz CT molecular complexity index is 1130. The summed E-state index contributed by atoms with van der Waals surface area (Å²) in [6.45, 7) is 7.89. The molecule has 3 aromatic rings. The maximum Gasteiger partial charge on any atom is 0.414 e. The SMILES string of the molecule is CCCC(CC)(NCc1ccc(-c2c(C)noc2NC(=O)OC(C)c2ccccc2)cc1)C(=O)O. The Labute approximate surface area is 205 Å². The van der Waals surface area contributed by atoms with Gasteiger partial charge in [0.15, 0.2) is 0 Å². The average Bonchev–Trinajstić information content (AvgIpc) is 3.21. The summed E-state index contributed by atoms with van der Waals surface area (Å²) in [5.74, 6) is -0.625. The second-order valence-corrected chi connectivity index (χ2v) is 8.60. The zero-order valence-electron chi connectivity index (χ0n) is 20.6. The quantitative estimate of drug-likeness (QED) is 0.305. The Morgan fingerprint density at radius 2 is 1.80 bits per heavy atom. The van der Waals surface area contributed by atoms with E-state index in [-0.39, 0.29) is 5.88 Å². The number of aromatic nitrogens is 1. The van der Waals surface area contributed by atoms with E-state index < -0.39 is 23.7 Å². The van der Waals surface area contributed by atoms with Crippen molar-refractivity contribution in [3.05, 3.63) is 71.4 Å². The second-order valence-electron chi connectivity index (χ2n) is 8.60. The van der Waals surface area contributed by atoms with Crippen LogP contribution in [0.4, 0.5) is 10.7 Å².